The fraction of sp³-hybridized carbons (Fsp3) is 0.0870. The molecule has 0 atom stereocenters. The number of halogens is 2. The molecule has 0 saturated heterocycles. The van der Waals surface area contributed by atoms with Gasteiger partial charge in [0.05, 0.1) is 18.4 Å². The van der Waals surface area contributed by atoms with Crippen LogP contribution in [0.2, 0.25) is 0 Å². The summed E-state index contributed by atoms with van der Waals surface area (Å²) < 4.78 is 24.6. The van der Waals surface area contributed by atoms with Gasteiger partial charge >= 0.3 is 5.97 Å². The van der Waals surface area contributed by atoms with Gasteiger partial charge in [0.1, 0.15) is 17.3 Å². The topological polar surface area (TPSA) is 77.0 Å². The Labute approximate surface area is 186 Å². The number of ether oxygens (including phenoxy) is 2. The van der Waals surface area contributed by atoms with Gasteiger partial charge in [0.15, 0.2) is 0 Å². The van der Waals surface area contributed by atoms with E-state index in [1.807, 2.05) is 6.92 Å². The lowest BCUT2D eigenvalue weighted by atomic mass is 10.2. The molecule has 0 radical (unpaired) electrons. The van der Waals surface area contributed by atoms with Gasteiger partial charge in [-0.25, -0.2) is 14.6 Å². The first kappa shape index (κ1) is 22.2. The highest BCUT2D eigenvalue weighted by Crippen LogP contribution is 2.23. The van der Waals surface area contributed by atoms with E-state index in [0.717, 1.165) is 4.47 Å². The van der Waals surface area contributed by atoms with E-state index in [4.69, 9.17) is 9.47 Å². The normalized spacial score (nSPS) is 10.7. The van der Waals surface area contributed by atoms with Crippen LogP contribution in [0.3, 0.4) is 0 Å². The summed E-state index contributed by atoms with van der Waals surface area (Å²) in [4.78, 5) is 24.6. The number of carbonyl (C=O) groups is 2. The van der Waals surface area contributed by atoms with E-state index in [9.17, 15) is 14.0 Å². The first-order valence-electron chi connectivity index (χ1n) is 9.30. The smallest absolute Gasteiger partial charge is 0.343 e. The minimum Gasteiger partial charge on any atom is -0.494 e. The van der Waals surface area contributed by atoms with Crippen LogP contribution >= 0.6 is 15.9 Å². The molecule has 0 bridgehead atoms. The standard InChI is InChI=1S/C23H18BrFN2O4/c1-2-30-20-10-5-16(6-11-20)23(29)31-21-12-7-18(24)13-17(21)14-26-27-22(28)15-3-8-19(25)9-4-15/h3-14H,2H2,1H3,(H,27,28). The number of nitrogens with one attached hydrogen (secondary N) is 1. The predicted octanol–water partition coefficient (Wildman–Crippen LogP) is 4.97. The maximum absolute atomic E-state index is 13.0. The Bertz CT molecular complexity index is 1100. The lowest BCUT2D eigenvalue weighted by Crippen LogP contribution is -2.17. The molecule has 0 spiro atoms. The Morgan fingerprint density at radius 1 is 1.03 bits per heavy atom. The molecule has 0 heterocycles. The molecule has 8 heteroatoms. The number of hydrogen-bond donors (Lipinski definition) is 1. The van der Waals surface area contributed by atoms with Crippen molar-refractivity contribution in [3.05, 3.63) is 93.7 Å². The highest BCUT2D eigenvalue weighted by atomic mass is 79.9. The van der Waals surface area contributed by atoms with Crippen LogP contribution in [0.15, 0.2) is 76.3 Å². The minimum atomic E-state index is -0.546. The summed E-state index contributed by atoms with van der Waals surface area (Å²) in [6, 6.07) is 16.7. The van der Waals surface area contributed by atoms with Crippen molar-refractivity contribution in [1.29, 1.82) is 0 Å². The van der Waals surface area contributed by atoms with Gasteiger partial charge in [0, 0.05) is 15.6 Å². The zero-order valence-corrected chi connectivity index (χ0v) is 18.1. The minimum absolute atomic E-state index is 0.259. The van der Waals surface area contributed by atoms with Gasteiger partial charge < -0.3 is 9.47 Å². The molecule has 0 saturated carbocycles. The van der Waals surface area contributed by atoms with Crippen molar-refractivity contribution in [3.63, 3.8) is 0 Å². The summed E-state index contributed by atoms with van der Waals surface area (Å²) in [6.45, 7) is 2.41. The molecule has 0 aromatic heterocycles. The maximum Gasteiger partial charge on any atom is 0.343 e. The average Bonchev–Trinajstić information content (AvgIpc) is 2.76. The van der Waals surface area contributed by atoms with Crippen molar-refractivity contribution in [1.82, 2.24) is 5.43 Å². The number of nitrogens with zero attached hydrogens (tertiary/aromatic N) is 1. The van der Waals surface area contributed by atoms with Crippen molar-refractivity contribution in [2.45, 2.75) is 6.92 Å². The summed E-state index contributed by atoms with van der Waals surface area (Å²) in [7, 11) is 0. The quantitative estimate of drug-likeness (QED) is 0.222. The summed E-state index contributed by atoms with van der Waals surface area (Å²) in [5, 5.41) is 3.91. The Balaban J connectivity index is 1.71. The molecule has 0 fully saturated rings. The van der Waals surface area contributed by atoms with E-state index in [-0.39, 0.29) is 11.3 Å². The van der Waals surface area contributed by atoms with Gasteiger partial charge in [-0.3, -0.25) is 4.79 Å². The second-order valence-electron chi connectivity index (χ2n) is 6.24. The third kappa shape index (κ3) is 6.23. The Kier molecular flexibility index (Phi) is 7.50. The molecule has 3 aromatic rings. The van der Waals surface area contributed by atoms with E-state index in [0.29, 0.717) is 23.5 Å². The first-order valence-corrected chi connectivity index (χ1v) is 10.1. The molecule has 3 aromatic carbocycles. The lowest BCUT2D eigenvalue weighted by Gasteiger charge is -2.09. The van der Waals surface area contributed by atoms with Crippen molar-refractivity contribution < 1.29 is 23.5 Å². The van der Waals surface area contributed by atoms with Crippen LogP contribution in [0.4, 0.5) is 4.39 Å². The molecule has 0 aliphatic carbocycles. The van der Waals surface area contributed by atoms with Crippen molar-refractivity contribution in [2.24, 2.45) is 5.10 Å². The summed E-state index contributed by atoms with van der Waals surface area (Å²) in [5.74, 6) is -0.558. The van der Waals surface area contributed by atoms with Gasteiger partial charge in [-0.15, -0.1) is 0 Å². The van der Waals surface area contributed by atoms with Crippen LogP contribution in [-0.2, 0) is 0 Å². The zero-order valence-electron chi connectivity index (χ0n) is 16.5. The van der Waals surface area contributed by atoms with Crippen molar-refractivity contribution in [2.75, 3.05) is 6.61 Å². The summed E-state index contributed by atoms with van der Waals surface area (Å²) in [6.07, 6.45) is 1.35. The highest BCUT2D eigenvalue weighted by Gasteiger charge is 2.12. The van der Waals surface area contributed by atoms with Crippen LogP contribution in [0.5, 0.6) is 11.5 Å². The molecule has 3 rings (SSSR count). The van der Waals surface area contributed by atoms with E-state index in [1.165, 1.54) is 30.5 Å². The largest absolute Gasteiger partial charge is 0.494 e. The van der Waals surface area contributed by atoms with Gasteiger partial charge in [-0.1, -0.05) is 15.9 Å². The molecule has 0 unspecified atom stereocenters. The number of hydrazone groups is 1. The number of carbonyl (C=O) groups excluding carboxylic acids is 2. The molecule has 0 aliphatic rings. The van der Waals surface area contributed by atoms with E-state index < -0.39 is 17.7 Å². The zero-order chi connectivity index (χ0) is 22.2. The third-order valence-corrected chi connectivity index (χ3v) is 4.54. The fourth-order valence-corrected chi connectivity index (χ4v) is 2.93. The number of esters is 1. The molecule has 1 N–H and O–H groups in total. The van der Waals surface area contributed by atoms with E-state index in [2.05, 4.69) is 26.5 Å². The van der Waals surface area contributed by atoms with Crippen LogP contribution in [0, 0.1) is 5.82 Å². The van der Waals surface area contributed by atoms with Gasteiger partial charge in [0.25, 0.3) is 5.91 Å². The molecular weight excluding hydrogens is 467 g/mol. The third-order valence-electron chi connectivity index (χ3n) is 4.05. The van der Waals surface area contributed by atoms with Crippen molar-refractivity contribution >= 4 is 34.0 Å². The second-order valence-corrected chi connectivity index (χ2v) is 7.15. The molecule has 0 aliphatic heterocycles. The highest BCUT2D eigenvalue weighted by molar-refractivity contribution is 9.10. The number of rotatable bonds is 7. The van der Waals surface area contributed by atoms with Crippen LogP contribution in [0.1, 0.15) is 33.2 Å². The SMILES string of the molecule is CCOc1ccc(C(=O)Oc2ccc(Br)cc2C=NNC(=O)c2ccc(F)cc2)cc1. The van der Waals surface area contributed by atoms with Gasteiger partial charge in [0.2, 0.25) is 0 Å². The molecule has 31 heavy (non-hydrogen) atoms. The fourth-order valence-electron chi connectivity index (χ4n) is 2.55. The number of amides is 1. The van der Waals surface area contributed by atoms with Crippen LogP contribution in [-0.4, -0.2) is 24.7 Å². The lowest BCUT2D eigenvalue weighted by molar-refractivity contribution is 0.0734. The monoisotopic (exact) mass is 484 g/mol. The maximum atomic E-state index is 13.0. The molecular formula is C23H18BrFN2O4. The summed E-state index contributed by atoms with van der Waals surface area (Å²) in [5.41, 5.74) is 3.44. The number of hydrogen-bond acceptors (Lipinski definition) is 5. The van der Waals surface area contributed by atoms with Gasteiger partial charge in [-0.05, 0) is 73.7 Å². The van der Waals surface area contributed by atoms with Gasteiger partial charge in [-0.2, -0.15) is 5.10 Å². The second kappa shape index (κ2) is 10.5. The first-order chi connectivity index (χ1) is 15.0. The molecule has 158 valence electrons. The Morgan fingerprint density at radius 3 is 2.39 bits per heavy atom. The number of benzene rings is 3. The van der Waals surface area contributed by atoms with E-state index in [1.54, 1.807) is 42.5 Å². The average molecular weight is 485 g/mol. The predicted molar refractivity (Wildman–Crippen MR) is 118 cm³/mol. The van der Waals surface area contributed by atoms with Crippen molar-refractivity contribution in [3.8, 4) is 11.5 Å². The van der Waals surface area contributed by atoms with Crippen LogP contribution < -0.4 is 14.9 Å². The summed E-state index contributed by atoms with van der Waals surface area (Å²) >= 11 is 3.36. The Hall–Kier alpha value is -3.52. The van der Waals surface area contributed by atoms with E-state index >= 15 is 0 Å². The Morgan fingerprint density at radius 2 is 1.71 bits per heavy atom. The van der Waals surface area contributed by atoms with Crippen LogP contribution in [0.25, 0.3) is 0 Å². The molecule has 6 nitrogen and oxygen atoms in total. The molecule has 1 amide bonds.